The largest absolute Gasteiger partial charge is 0.481 e. The summed E-state index contributed by atoms with van der Waals surface area (Å²) < 4.78 is 0. The van der Waals surface area contributed by atoms with E-state index in [0.717, 1.165) is 12.8 Å². The first-order chi connectivity index (χ1) is 10.1. The number of rotatable bonds is 13. The molecule has 0 saturated carbocycles. The molecule has 0 aromatic carbocycles. The van der Waals surface area contributed by atoms with E-state index in [1.165, 1.54) is 32.1 Å². The summed E-state index contributed by atoms with van der Waals surface area (Å²) in [5.74, 6) is -2.95. The maximum absolute atomic E-state index is 10.8. The molecule has 0 saturated heterocycles. The molecule has 4 heteroatoms. The van der Waals surface area contributed by atoms with Crippen molar-refractivity contribution in [3.63, 3.8) is 0 Å². The molecule has 0 fully saturated rings. The lowest BCUT2D eigenvalue weighted by molar-refractivity contribution is -0.148. The van der Waals surface area contributed by atoms with Crippen LogP contribution in [0.25, 0.3) is 0 Å². The van der Waals surface area contributed by atoms with E-state index < -0.39 is 17.9 Å². The molecule has 1 atom stereocenters. The van der Waals surface area contributed by atoms with Crippen molar-refractivity contribution in [3.05, 3.63) is 24.3 Å². The zero-order valence-electron chi connectivity index (χ0n) is 13.0. The first-order valence-corrected chi connectivity index (χ1v) is 7.82. The lowest BCUT2D eigenvalue weighted by Crippen LogP contribution is -2.16. The fourth-order valence-electron chi connectivity index (χ4n) is 2.00. The third-order valence-electron chi connectivity index (χ3n) is 3.27. The van der Waals surface area contributed by atoms with Crippen molar-refractivity contribution >= 4 is 11.9 Å². The first kappa shape index (κ1) is 19.4. The third kappa shape index (κ3) is 13.2. The van der Waals surface area contributed by atoms with Crippen LogP contribution in [0.1, 0.15) is 64.7 Å². The molecule has 4 nitrogen and oxygen atoms in total. The van der Waals surface area contributed by atoms with Crippen LogP contribution >= 0.6 is 0 Å². The van der Waals surface area contributed by atoms with Gasteiger partial charge in [-0.1, -0.05) is 56.9 Å². The molecular formula is C17H28O4. The van der Waals surface area contributed by atoms with Crippen molar-refractivity contribution in [1.82, 2.24) is 0 Å². The van der Waals surface area contributed by atoms with Gasteiger partial charge in [-0.25, -0.2) is 0 Å². The fourth-order valence-corrected chi connectivity index (χ4v) is 2.00. The van der Waals surface area contributed by atoms with Crippen LogP contribution in [0.5, 0.6) is 0 Å². The summed E-state index contributed by atoms with van der Waals surface area (Å²) in [5.41, 5.74) is 0. The predicted octanol–water partition coefficient (Wildman–Crippen LogP) is 4.42. The number of hydrogen-bond acceptors (Lipinski definition) is 2. The Labute approximate surface area is 127 Å². The van der Waals surface area contributed by atoms with Gasteiger partial charge >= 0.3 is 11.9 Å². The van der Waals surface area contributed by atoms with Gasteiger partial charge in [0.25, 0.3) is 0 Å². The monoisotopic (exact) mass is 296 g/mol. The van der Waals surface area contributed by atoms with Crippen molar-refractivity contribution < 1.29 is 19.8 Å². The number of aliphatic carboxylic acids is 2. The highest BCUT2D eigenvalue weighted by molar-refractivity contribution is 5.77. The first-order valence-electron chi connectivity index (χ1n) is 7.82. The van der Waals surface area contributed by atoms with Crippen LogP contribution in [0.2, 0.25) is 0 Å². The smallest absolute Gasteiger partial charge is 0.307 e. The summed E-state index contributed by atoms with van der Waals surface area (Å²) in [7, 11) is 0. The standard InChI is InChI=1S/C17H28O4/c1-2-3-4-5-6-7-8-9-10-11-12-13-15(17(20)21)14-16(18)19/h8-9,11-12,15H,2-7,10,13-14H2,1H3,(H,18,19)(H,20,21)/b9-8+,12-11+. The van der Waals surface area contributed by atoms with E-state index in [1.807, 2.05) is 6.08 Å². The normalized spacial score (nSPS) is 13.0. The number of allylic oxidation sites excluding steroid dienone is 4. The SMILES string of the molecule is CCCCCCC/C=C/C/C=C/CC(CC(=O)O)C(=O)O. The maximum Gasteiger partial charge on any atom is 0.307 e. The van der Waals surface area contributed by atoms with Crippen molar-refractivity contribution in [2.45, 2.75) is 64.7 Å². The molecule has 0 rings (SSSR count). The molecule has 0 aliphatic heterocycles. The molecule has 0 spiro atoms. The van der Waals surface area contributed by atoms with Crippen LogP contribution in [0.4, 0.5) is 0 Å². The van der Waals surface area contributed by atoms with Crippen LogP contribution in [-0.4, -0.2) is 22.2 Å². The highest BCUT2D eigenvalue weighted by atomic mass is 16.4. The van der Waals surface area contributed by atoms with E-state index in [-0.39, 0.29) is 12.8 Å². The number of unbranched alkanes of at least 4 members (excludes halogenated alkanes) is 5. The zero-order valence-corrected chi connectivity index (χ0v) is 13.0. The minimum atomic E-state index is -1.07. The second-order valence-electron chi connectivity index (χ2n) is 5.25. The van der Waals surface area contributed by atoms with Crippen molar-refractivity contribution in [2.75, 3.05) is 0 Å². The number of carboxylic acids is 2. The summed E-state index contributed by atoms with van der Waals surface area (Å²) in [6.07, 6.45) is 16.1. The molecule has 2 N–H and O–H groups in total. The van der Waals surface area contributed by atoms with Gasteiger partial charge in [0.2, 0.25) is 0 Å². The predicted molar refractivity (Wildman–Crippen MR) is 84.3 cm³/mol. The van der Waals surface area contributed by atoms with Gasteiger partial charge < -0.3 is 10.2 Å². The second-order valence-corrected chi connectivity index (χ2v) is 5.25. The fraction of sp³-hybridized carbons (Fsp3) is 0.647. The van der Waals surface area contributed by atoms with E-state index >= 15 is 0 Å². The zero-order chi connectivity index (χ0) is 15.9. The van der Waals surface area contributed by atoms with Gasteiger partial charge in [-0.2, -0.15) is 0 Å². The van der Waals surface area contributed by atoms with Gasteiger partial charge in [-0.3, -0.25) is 9.59 Å². The lowest BCUT2D eigenvalue weighted by Gasteiger charge is -2.05. The Hall–Kier alpha value is -1.58. The van der Waals surface area contributed by atoms with E-state index in [1.54, 1.807) is 6.08 Å². The minimum Gasteiger partial charge on any atom is -0.481 e. The molecule has 0 aromatic rings. The Balaban J connectivity index is 3.70. The van der Waals surface area contributed by atoms with Gasteiger partial charge in [-0.15, -0.1) is 0 Å². The molecule has 120 valence electrons. The Morgan fingerprint density at radius 3 is 2.24 bits per heavy atom. The molecule has 1 unspecified atom stereocenters. The molecule has 0 aliphatic rings. The van der Waals surface area contributed by atoms with Crippen molar-refractivity contribution in [1.29, 1.82) is 0 Å². The number of carboxylic acid groups (broad SMARTS) is 2. The number of carbonyl (C=O) groups is 2. The third-order valence-corrected chi connectivity index (χ3v) is 3.27. The topological polar surface area (TPSA) is 74.6 Å². The Kier molecular flexibility index (Phi) is 12.4. The molecular weight excluding hydrogens is 268 g/mol. The Bertz CT molecular complexity index is 345. The summed E-state index contributed by atoms with van der Waals surface area (Å²) >= 11 is 0. The Morgan fingerprint density at radius 1 is 0.952 bits per heavy atom. The molecule has 0 bridgehead atoms. The van der Waals surface area contributed by atoms with E-state index in [9.17, 15) is 9.59 Å². The second kappa shape index (κ2) is 13.4. The van der Waals surface area contributed by atoms with Crippen LogP contribution in [0.15, 0.2) is 24.3 Å². The van der Waals surface area contributed by atoms with Crippen LogP contribution < -0.4 is 0 Å². The quantitative estimate of drug-likeness (QED) is 0.390. The van der Waals surface area contributed by atoms with E-state index in [0.29, 0.717) is 0 Å². The summed E-state index contributed by atoms with van der Waals surface area (Å²) in [4.78, 5) is 21.4. The number of hydrogen-bond donors (Lipinski definition) is 2. The molecule has 0 heterocycles. The summed E-state index contributed by atoms with van der Waals surface area (Å²) in [5, 5.41) is 17.5. The molecule has 0 radical (unpaired) electrons. The van der Waals surface area contributed by atoms with Gasteiger partial charge in [0.05, 0.1) is 12.3 Å². The Morgan fingerprint density at radius 2 is 1.62 bits per heavy atom. The highest BCUT2D eigenvalue weighted by Crippen LogP contribution is 2.10. The average Bonchev–Trinajstić information content (AvgIpc) is 2.42. The summed E-state index contributed by atoms with van der Waals surface area (Å²) in [6.45, 7) is 2.21. The van der Waals surface area contributed by atoms with Crippen LogP contribution in [-0.2, 0) is 9.59 Å². The molecule has 0 aliphatic carbocycles. The minimum absolute atomic E-state index is 0.270. The molecule has 0 aromatic heterocycles. The molecule has 21 heavy (non-hydrogen) atoms. The average molecular weight is 296 g/mol. The summed E-state index contributed by atoms with van der Waals surface area (Å²) in [6, 6.07) is 0. The van der Waals surface area contributed by atoms with Crippen LogP contribution in [0.3, 0.4) is 0 Å². The highest BCUT2D eigenvalue weighted by Gasteiger charge is 2.18. The molecule has 0 amide bonds. The van der Waals surface area contributed by atoms with Gasteiger partial charge in [0.15, 0.2) is 0 Å². The van der Waals surface area contributed by atoms with Gasteiger partial charge in [0.1, 0.15) is 0 Å². The van der Waals surface area contributed by atoms with Gasteiger partial charge in [0, 0.05) is 0 Å². The van der Waals surface area contributed by atoms with Crippen molar-refractivity contribution in [3.8, 4) is 0 Å². The van der Waals surface area contributed by atoms with Crippen molar-refractivity contribution in [2.24, 2.45) is 5.92 Å². The van der Waals surface area contributed by atoms with E-state index in [4.69, 9.17) is 10.2 Å². The van der Waals surface area contributed by atoms with Crippen LogP contribution in [0, 0.1) is 5.92 Å². The van der Waals surface area contributed by atoms with Gasteiger partial charge in [-0.05, 0) is 25.7 Å². The lowest BCUT2D eigenvalue weighted by atomic mass is 10.0. The van der Waals surface area contributed by atoms with E-state index in [2.05, 4.69) is 19.1 Å². The maximum atomic E-state index is 10.8.